The van der Waals surface area contributed by atoms with Crippen LogP contribution in [0.4, 0.5) is 5.82 Å². The highest BCUT2D eigenvalue weighted by molar-refractivity contribution is 5.80. The molecule has 1 atom stereocenters. The van der Waals surface area contributed by atoms with Crippen LogP contribution in [0.3, 0.4) is 0 Å². The molecule has 5 heteroatoms. The van der Waals surface area contributed by atoms with E-state index in [0.717, 1.165) is 31.0 Å². The minimum atomic E-state index is -0.168. The third-order valence-corrected chi connectivity index (χ3v) is 4.05. The van der Waals surface area contributed by atoms with Gasteiger partial charge < -0.3 is 10.2 Å². The Morgan fingerprint density at radius 2 is 2.05 bits per heavy atom. The van der Waals surface area contributed by atoms with Crippen LogP contribution in [0.15, 0.2) is 12.4 Å². The van der Waals surface area contributed by atoms with E-state index in [1.165, 1.54) is 12.8 Å². The number of rotatable bonds is 3. The van der Waals surface area contributed by atoms with Crippen LogP contribution in [0.5, 0.6) is 0 Å². The van der Waals surface area contributed by atoms with E-state index in [1.807, 2.05) is 20.8 Å². The van der Waals surface area contributed by atoms with Gasteiger partial charge in [-0.1, -0.05) is 0 Å². The summed E-state index contributed by atoms with van der Waals surface area (Å²) in [6, 6.07) is 2.10. The van der Waals surface area contributed by atoms with Crippen LogP contribution in [-0.4, -0.2) is 34.5 Å². The molecular formula is C16H24N4O. The molecule has 0 radical (unpaired) electrons. The highest BCUT2D eigenvalue weighted by Crippen LogP contribution is 2.39. The summed E-state index contributed by atoms with van der Waals surface area (Å²) >= 11 is 0. The van der Waals surface area contributed by atoms with Gasteiger partial charge in [-0.3, -0.25) is 4.79 Å². The lowest BCUT2D eigenvalue weighted by Crippen LogP contribution is -2.44. The van der Waals surface area contributed by atoms with Gasteiger partial charge in [0.15, 0.2) is 0 Å². The topological polar surface area (TPSA) is 58.1 Å². The number of carbonyl (C=O) groups excluding carboxylic acids is 1. The monoisotopic (exact) mass is 288 g/mol. The summed E-state index contributed by atoms with van der Waals surface area (Å²) in [6.45, 7) is 7.70. The van der Waals surface area contributed by atoms with Crippen molar-refractivity contribution >= 4 is 11.7 Å². The second-order valence-corrected chi connectivity index (χ2v) is 7.25. The minimum Gasteiger partial charge on any atom is -0.356 e. The van der Waals surface area contributed by atoms with Gasteiger partial charge >= 0.3 is 0 Å². The van der Waals surface area contributed by atoms with Crippen LogP contribution in [0.25, 0.3) is 0 Å². The van der Waals surface area contributed by atoms with Crippen LogP contribution in [0.1, 0.15) is 51.6 Å². The molecule has 1 N–H and O–H groups in total. The lowest BCUT2D eigenvalue weighted by atomic mass is 10.0. The molecule has 1 aromatic rings. The molecule has 1 saturated heterocycles. The molecule has 0 bridgehead atoms. The van der Waals surface area contributed by atoms with Crippen LogP contribution in [0.2, 0.25) is 0 Å². The Kier molecular flexibility index (Phi) is 3.59. The molecule has 2 heterocycles. The Morgan fingerprint density at radius 3 is 2.71 bits per heavy atom. The van der Waals surface area contributed by atoms with Crippen molar-refractivity contribution in [3.63, 3.8) is 0 Å². The molecule has 1 amide bonds. The first-order valence-electron chi connectivity index (χ1n) is 7.81. The van der Waals surface area contributed by atoms with Gasteiger partial charge in [0.05, 0.1) is 5.92 Å². The maximum absolute atomic E-state index is 12.3. The molecule has 2 fully saturated rings. The first-order chi connectivity index (χ1) is 9.92. The van der Waals surface area contributed by atoms with Crippen LogP contribution < -0.4 is 10.2 Å². The predicted octanol–water partition coefficient (Wildman–Crippen LogP) is 2.09. The molecule has 114 valence electrons. The highest BCUT2D eigenvalue weighted by atomic mass is 16.2. The minimum absolute atomic E-state index is 0.0589. The molecule has 0 aromatic carbocycles. The average molecular weight is 288 g/mol. The highest BCUT2D eigenvalue weighted by Gasteiger charge is 2.32. The molecule has 2 aliphatic rings. The van der Waals surface area contributed by atoms with Gasteiger partial charge in [0.2, 0.25) is 5.91 Å². The Labute approximate surface area is 126 Å². The molecule has 0 spiro atoms. The summed E-state index contributed by atoms with van der Waals surface area (Å²) in [6.07, 6.45) is 5.04. The molecule has 5 nitrogen and oxygen atoms in total. The number of hydrogen-bond acceptors (Lipinski definition) is 4. The number of anilines is 1. The summed E-state index contributed by atoms with van der Waals surface area (Å²) in [7, 11) is 0. The summed E-state index contributed by atoms with van der Waals surface area (Å²) < 4.78 is 0. The fraction of sp³-hybridized carbons (Fsp3) is 0.688. The molecule has 3 rings (SSSR count). The van der Waals surface area contributed by atoms with Crippen molar-refractivity contribution < 1.29 is 4.79 Å². The Hall–Kier alpha value is -1.65. The molecule has 21 heavy (non-hydrogen) atoms. The van der Waals surface area contributed by atoms with E-state index >= 15 is 0 Å². The van der Waals surface area contributed by atoms with Gasteiger partial charge in [-0.05, 0) is 40.0 Å². The Balaban J connectivity index is 1.64. The van der Waals surface area contributed by atoms with Crippen molar-refractivity contribution in [2.75, 3.05) is 18.0 Å². The third-order valence-electron chi connectivity index (χ3n) is 4.05. The average Bonchev–Trinajstić information content (AvgIpc) is 3.14. The number of aromatic nitrogens is 2. The van der Waals surface area contributed by atoms with Gasteiger partial charge in [-0.25, -0.2) is 9.97 Å². The summed E-state index contributed by atoms with van der Waals surface area (Å²) in [5.74, 6) is 1.82. The normalized spacial score (nSPS) is 22.4. The molecular weight excluding hydrogens is 264 g/mol. The maximum atomic E-state index is 12.3. The molecule has 1 saturated carbocycles. The zero-order chi connectivity index (χ0) is 15.0. The van der Waals surface area contributed by atoms with Crippen molar-refractivity contribution in [1.82, 2.24) is 15.3 Å². The smallest absolute Gasteiger partial charge is 0.225 e. The van der Waals surface area contributed by atoms with Gasteiger partial charge in [0.25, 0.3) is 0 Å². The van der Waals surface area contributed by atoms with Crippen molar-refractivity contribution in [3.8, 4) is 0 Å². The molecule has 1 unspecified atom stereocenters. The van der Waals surface area contributed by atoms with Gasteiger partial charge in [0.1, 0.15) is 12.1 Å². The zero-order valence-electron chi connectivity index (χ0n) is 13.1. The summed E-state index contributed by atoms with van der Waals surface area (Å²) in [4.78, 5) is 23.2. The van der Waals surface area contributed by atoms with Crippen LogP contribution >= 0.6 is 0 Å². The van der Waals surface area contributed by atoms with Crippen molar-refractivity contribution in [1.29, 1.82) is 0 Å². The number of carbonyl (C=O) groups is 1. The third kappa shape index (κ3) is 3.52. The fourth-order valence-corrected chi connectivity index (χ4v) is 2.79. The summed E-state index contributed by atoms with van der Waals surface area (Å²) in [5, 5.41) is 3.07. The largest absolute Gasteiger partial charge is 0.356 e. The van der Waals surface area contributed by atoms with E-state index < -0.39 is 0 Å². The Bertz CT molecular complexity index is 533. The molecule has 1 aromatic heterocycles. The van der Waals surface area contributed by atoms with E-state index in [1.54, 1.807) is 6.33 Å². The van der Waals surface area contributed by atoms with Crippen LogP contribution in [-0.2, 0) is 4.79 Å². The van der Waals surface area contributed by atoms with E-state index in [9.17, 15) is 4.79 Å². The fourth-order valence-electron chi connectivity index (χ4n) is 2.79. The second-order valence-electron chi connectivity index (χ2n) is 7.25. The van der Waals surface area contributed by atoms with Crippen LogP contribution in [0, 0.1) is 5.92 Å². The van der Waals surface area contributed by atoms with Crippen molar-refractivity contribution in [2.45, 2.75) is 51.5 Å². The van der Waals surface area contributed by atoms with E-state index in [4.69, 9.17) is 0 Å². The Morgan fingerprint density at radius 1 is 1.29 bits per heavy atom. The number of hydrogen-bond donors (Lipinski definition) is 1. The lowest BCUT2D eigenvalue weighted by molar-refractivity contribution is -0.125. The molecule has 1 aliphatic heterocycles. The van der Waals surface area contributed by atoms with E-state index in [-0.39, 0.29) is 17.4 Å². The van der Waals surface area contributed by atoms with Crippen molar-refractivity contribution in [3.05, 3.63) is 18.1 Å². The number of nitrogens with one attached hydrogen (secondary N) is 1. The quantitative estimate of drug-likeness (QED) is 0.925. The van der Waals surface area contributed by atoms with Crippen molar-refractivity contribution in [2.24, 2.45) is 5.92 Å². The standard InChI is InChI=1S/C16H24N4O/c1-16(2,3)19-15(21)12-6-7-20(9-12)14-8-13(11-4-5-11)17-10-18-14/h8,10-12H,4-7,9H2,1-3H3,(H,19,21). The zero-order valence-corrected chi connectivity index (χ0v) is 13.1. The predicted molar refractivity (Wildman–Crippen MR) is 82.2 cm³/mol. The number of amides is 1. The summed E-state index contributed by atoms with van der Waals surface area (Å²) in [5.41, 5.74) is 0.987. The van der Waals surface area contributed by atoms with Gasteiger partial charge in [-0.15, -0.1) is 0 Å². The van der Waals surface area contributed by atoms with Gasteiger partial charge in [-0.2, -0.15) is 0 Å². The lowest BCUT2D eigenvalue weighted by Gasteiger charge is -2.23. The first-order valence-corrected chi connectivity index (χ1v) is 7.81. The molecule has 1 aliphatic carbocycles. The first kappa shape index (κ1) is 14.3. The van der Waals surface area contributed by atoms with Gasteiger partial charge in [0, 0.05) is 36.3 Å². The van der Waals surface area contributed by atoms with E-state index in [2.05, 4.69) is 26.3 Å². The second kappa shape index (κ2) is 5.28. The van der Waals surface area contributed by atoms with E-state index in [0.29, 0.717) is 5.92 Å². The number of nitrogens with zero attached hydrogens (tertiary/aromatic N) is 3. The SMILES string of the molecule is CC(C)(C)NC(=O)C1CCN(c2cc(C3CC3)ncn2)C1. The maximum Gasteiger partial charge on any atom is 0.225 e.